The molecule has 1 rings (SSSR count). The monoisotopic (exact) mass is 244 g/mol. The third-order valence-electron chi connectivity index (χ3n) is 2.49. The smallest absolute Gasteiger partial charge is 0.225 e. The summed E-state index contributed by atoms with van der Waals surface area (Å²) < 4.78 is -1.15. The Morgan fingerprint density at radius 2 is 1.39 bits per heavy atom. The minimum absolute atomic E-state index is 0.0953. The van der Waals surface area contributed by atoms with E-state index in [4.69, 9.17) is 31.6 Å². The summed E-state index contributed by atoms with van der Waals surface area (Å²) in [7, 11) is 0. The van der Waals surface area contributed by atoms with Gasteiger partial charge in [0.1, 0.15) is 12.1 Å². The molecule has 0 N–H and O–H groups in total. The van der Waals surface area contributed by atoms with Crippen molar-refractivity contribution >= 4 is 14.1 Å². The standard InChI is InChI=1S/C10HN5.CN.Al/c11-3-1-8(5-13)10(7-15)9(6-14)2-4-12;1-2;/h1H;;. The maximum absolute atomic E-state index is 9.03. The molecule has 0 aromatic carbocycles. The fourth-order valence-electron chi connectivity index (χ4n) is 1.67. The second-order valence-corrected chi connectivity index (χ2v) is 5.70. The molecule has 6 nitrogen and oxygen atoms in total. The van der Waals surface area contributed by atoms with Crippen molar-refractivity contribution in [2.24, 2.45) is 0 Å². The highest BCUT2D eigenvalue weighted by atomic mass is 27.2. The van der Waals surface area contributed by atoms with Crippen LogP contribution < -0.4 is 0 Å². The van der Waals surface area contributed by atoms with Gasteiger partial charge in [-0.05, 0) is 4.93 Å². The van der Waals surface area contributed by atoms with E-state index in [0.717, 1.165) is 0 Å². The molecule has 1 heterocycles. The molecule has 1 unspecified atom stereocenters. The summed E-state index contributed by atoms with van der Waals surface area (Å²) in [6.07, 6.45) is 0. The van der Waals surface area contributed by atoms with Gasteiger partial charge in [0.05, 0.1) is 39.7 Å². The highest BCUT2D eigenvalue weighted by Crippen LogP contribution is 2.36. The summed E-state index contributed by atoms with van der Waals surface area (Å²) in [4.78, 5) is 1.87. The second kappa shape index (κ2) is 5.33. The van der Waals surface area contributed by atoms with E-state index < -0.39 is 18.9 Å². The molecule has 78 valence electrons. The van der Waals surface area contributed by atoms with Crippen LogP contribution in [0, 0.1) is 66.8 Å². The SMILES string of the molecule is N#CC1=C(C#N)[CH](C#N)[Al]([C]#N)[C](C#N)=C1C#N. The quantitative estimate of drug-likeness (QED) is 0.573. The predicted molar refractivity (Wildman–Crippen MR) is 57.2 cm³/mol. The average Bonchev–Trinajstić information content (AvgIpc) is 2.43. The minimum Gasteiger partial charge on any atom is -0.225 e. The first-order chi connectivity index (χ1) is 8.69. The van der Waals surface area contributed by atoms with E-state index in [2.05, 4.69) is 0 Å². The lowest BCUT2D eigenvalue weighted by Gasteiger charge is -2.17. The Morgan fingerprint density at radius 3 is 1.72 bits per heavy atom. The highest BCUT2D eigenvalue weighted by molar-refractivity contribution is 6.78. The first-order valence-electron chi connectivity index (χ1n) is 4.58. The molecule has 0 aliphatic carbocycles. The van der Waals surface area contributed by atoms with E-state index in [9.17, 15) is 0 Å². The van der Waals surface area contributed by atoms with Crippen LogP contribution in [-0.2, 0) is 0 Å². The second-order valence-electron chi connectivity index (χ2n) is 3.24. The van der Waals surface area contributed by atoms with Crippen LogP contribution in [0.3, 0.4) is 0 Å². The van der Waals surface area contributed by atoms with Gasteiger partial charge in [-0.25, -0.2) is 5.26 Å². The van der Waals surface area contributed by atoms with Crippen molar-refractivity contribution < 1.29 is 0 Å². The summed E-state index contributed by atoms with van der Waals surface area (Å²) in [5.41, 5.74) is -0.669. The Kier molecular flexibility index (Phi) is 3.86. The summed E-state index contributed by atoms with van der Waals surface area (Å²) in [5.74, 6) is 0. The van der Waals surface area contributed by atoms with Gasteiger partial charge in [0.25, 0.3) is 0 Å². The summed E-state index contributed by atoms with van der Waals surface area (Å²) >= 11 is -2.73. The number of nitrogens with zero attached hydrogens (tertiary/aromatic N) is 6. The molecule has 1 atom stereocenters. The third kappa shape index (κ3) is 1.70. The molecule has 0 spiro atoms. The predicted octanol–water partition coefficient (Wildman–Crippen LogP) is 0.678. The van der Waals surface area contributed by atoms with Crippen molar-refractivity contribution in [1.82, 2.24) is 0 Å². The van der Waals surface area contributed by atoms with Crippen molar-refractivity contribution in [1.29, 1.82) is 31.6 Å². The molecule has 0 amide bonds. The van der Waals surface area contributed by atoms with E-state index >= 15 is 0 Å². The number of allylic oxidation sites excluding steroid dienone is 4. The largest absolute Gasteiger partial charge is 0.498 e. The van der Waals surface area contributed by atoms with Gasteiger partial charge >= 0.3 is 14.1 Å². The van der Waals surface area contributed by atoms with Crippen molar-refractivity contribution in [2.45, 2.75) is 4.78 Å². The molecule has 0 saturated carbocycles. The summed E-state index contributed by atoms with van der Waals surface area (Å²) in [6.45, 7) is 0. The number of nitriles is 6. The average molecular weight is 244 g/mol. The fourth-order valence-corrected chi connectivity index (χ4v) is 3.67. The Bertz CT molecular complexity index is 652. The van der Waals surface area contributed by atoms with E-state index in [1.807, 2.05) is 4.93 Å². The Labute approximate surface area is 107 Å². The van der Waals surface area contributed by atoms with E-state index in [0.29, 0.717) is 0 Å². The molecule has 18 heavy (non-hydrogen) atoms. The van der Waals surface area contributed by atoms with Crippen molar-refractivity contribution in [3.63, 3.8) is 0 Å². The normalized spacial score (nSPS) is 17.7. The lowest BCUT2D eigenvalue weighted by Crippen LogP contribution is -2.28. The van der Waals surface area contributed by atoms with Gasteiger partial charge in [0.2, 0.25) is 0 Å². The van der Waals surface area contributed by atoms with Gasteiger partial charge in [0, 0.05) is 4.44 Å². The Morgan fingerprint density at radius 1 is 0.778 bits per heavy atom. The topological polar surface area (TPSA) is 143 Å². The fraction of sp³-hybridized carbons (Fsp3) is 0.0909. The Hall–Kier alpha value is -3.05. The molecule has 0 saturated heterocycles. The van der Waals surface area contributed by atoms with Crippen LogP contribution in [0.4, 0.5) is 0 Å². The van der Waals surface area contributed by atoms with Gasteiger partial charge in [-0.1, -0.05) is 0 Å². The minimum atomic E-state index is -2.73. The maximum Gasteiger partial charge on any atom is 0.498 e. The molecule has 1 aliphatic rings. The van der Waals surface area contributed by atoms with Crippen molar-refractivity contribution in [3.05, 3.63) is 21.2 Å². The van der Waals surface area contributed by atoms with Gasteiger partial charge in [-0.3, -0.25) is 0 Å². The van der Waals surface area contributed by atoms with Crippen LogP contribution in [0.5, 0.6) is 0 Å². The molecule has 0 bridgehead atoms. The van der Waals surface area contributed by atoms with Gasteiger partial charge < -0.3 is 0 Å². The molecule has 0 fully saturated rings. The highest BCUT2D eigenvalue weighted by Gasteiger charge is 2.45. The zero-order valence-corrected chi connectivity index (χ0v) is 9.99. The number of hydrogen-bond donors (Lipinski definition) is 0. The zero-order chi connectivity index (χ0) is 13.7. The molecule has 0 aromatic heterocycles. The molecule has 0 radical (unpaired) electrons. The van der Waals surface area contributed by atoms with Crippen molar-refractivity contribution in [2.75, 3.05) is 0 Å². The van der Waals surface area contributed by atoms with Gasteiger partial charge in [-0.2, -0.15) is 26.3 Å². The van der Waals surface area contributed by atoms with Crippen LogP contribution in [0.1, 0.15) is 0 Å². The van der Waals surface area contributed by atoms with Crippen LogP contribution in [0.15, 0.2) is 21.2 Å². The van der Waals surface area contributed by atoms with E-state index in [1.165, 1.54) is 0 Å². The van der Waals surface area contributed by atoms with Gasteiger partial charge in [0.15, 0.2) is 0 Å². The van der Waals surface area contributed by atoms with Crippen molar-refractivity contribution in [3.8, 4) is 35.3 Å². The molecule has 1 aliphatic heterocycles. The maximum atomic E-state index is 9.03. The van der Waals surface area contributed by atoms with Crippen LogP contribution in [-0.4, -0.2) is 14.1 Å². The molecular formula is C11HAlN6. The number of rotatable bonds is 0. The van der Waals surface area contributed by atoms with Crippen LogP contribution >= 0.6 is 0 Å². The third-order valence-corrected chi connectivity index (χ3v) is 4.95. The van der Waals surface area contributed by atoms with E-state index in [-0.39, 0.29) is 21.2 Å². The lowest BCUT2D eigenvalue weighted by atomic mass is 9.99. The number of hydrogen-bond acceptors (Lipinski definition) is 6. The lowest BCUT2D eigenvalue weighted by molar-refractivity contribution is 1.18. The molecular weight excluding hydrogens is 243 g/mol. The first kappa shape index (κ1) is 13.0. The Balaban J connectivity index is 3.80. The molecule has 7 heteroatoms. The summed E-state index contributed by atoms with van der Waals surface area (Å²) in [5, 5.41) is 53.9. The first-order valence-corrected chi connectivity index (χ1v) is 6.40. The summed E-state index contributed by atoms with van der Waals surface area (Å²) in [6, 6.07) is 8.57. The van der Waals surface area contributed by atoms with Gasteiger partial charge in [-0.15, -0.1) is 0 Å². The van der Waals surface area contributed by atoms with Crippen LogP contribution in [0.2, 0.25) is 4.78 Å². The zero-order valence-electron chi connectivity index (χ0n) is 8.84. The molecule has 0 aromatic rings. The van der Waals surface area contributed by atoms with E-state index in [1.54, 1.807) is 30.3 Å². The van der Waals surface area contributed by atoms with Crippen LogP contribution in [0.25, 0.3) is 0 Å².